The second kappa shape index (κ2) is 7.31. The lowest BCUT2D eigenvalue weighted by atomic mass is 10.2. The van der Waals surface area contributed by atoms with Crippen LogP contribution in [0.15, 0.2) is 58.6 Å². The number of hydrogen-bond acceptors (Lipinski definition) is 4. The van der Waals surface area contributed by atoms with Gasteiger partial charge in [-0.2, -0.15) is 0 Å². The number of aryl methyl sites for hydroxylation is 1. The van der Waals surface area contributed by atoms with Crippen molar-refractivity contribution in [3.8, 4) is 5.75 Å². The van der Waals surface area contributed by atoms with Crippen LogP contribution >= 0.6 is 11.8 Å². The van der Waals surface area contributed by atoms with Crippen LogP contribution in [0.5, 0.6) is 5.75 Å². The lowest BCUT2D eigenvalue weighted by Gasteiger charge is -2.10. The third-order valence-corrected chi connectivity index (χ3v) is 4.47. The first-order valence-electron chi connectivity index (χ1n) is 7.34. The molecule has 1 aromatic carbocycles. The minimum absolute atomic E-state index is 0.0836. The predicted molar refractivity (Wildman–Crippen MR) is 90.9 cm³/mol. The molecule has 0 saturated carbocycles. The topological polar surface area (TPSA) is 43.6 Å². The maximum Gasteiger partial charge on any atom is 0.223 e. The van der Waals surface area contributed by atoms with Gasteiger partial charge in [0.2, 0.25) is 5.43 Å². The molecule has 4 nitrogen and oxygen atoms in total. The van der Waals surface area contributed by atoms with Crippen molar-refractivity contribution < 1.29 is 4.74 Å². The third-order valence-electron chi connectivity index (χ3n) is 3.41. The van der Waals surface area contributed by atoms with Gasteiger partial charge in [0, 0.05) is 37.5 Å². The monoisotopic (exact) mass is 314 g/mol. The molecule has 0 radical (unpaired) electrons. The number of rotatable bonds is 6. The highest BCUT2D eigenvalue weighted by atomic mass is 32.2. The zero-order chi connectivity index (χ0) is 15.2. The van der Waals surface area contributed by atoms with Gasteiger partial charge in [-0.1, -0.05) is 30.3 Å². The summed E-state index contributed by atoms with van der Waals surface area (Å²) in [6, 6.07) is 11.4. The van der Waals surface area contributed by atoms with E-state index in [0.717, 1.165) is 30.8 Å². The number of aromatic nitrogens is 1. The summed E-state index contributed by atoms with van der Waals surface area (Å²) in [4.78, 5) is 16.3. The van der Waals surface area contributed by atoms with E-state index in [1.807, 2.05) is 46.7 Å². The molecule has 2 heterocycles. The Bertz CT molecular complexity index is 710. The van der Waals surface area contributed by atoms with Crippen LogP contribution in [-0.4, -0.2) is 21.9 Å². The summed E-state index contributed by atoms with van der Waals surface area (Å²) in [7, 11) is 0. The molecule has 5 heteroatoms. The van der Waals surface area contributed by atoms with Crippen molar-refractivity contribution in [2.75, 3.05) is 12.3 Å². The van der Waals surface area contributed by atoms with E-state index in [4.69, 9.17) is 4.74 Å². The minimum Gasteiger partial charge on any atom is -0.483 e. The maximum absolute atomic E-state index is 11.9. The number of benzene rings is 1. The van der Waals surface area contributed by atoms with Crippen molar-refractivity contribution in [3.05, 3.63) is 64.6 Å². The fraction of sp³-hybridized carbons (Fsp3) is 0.294. The summed E-state index contributed by atoms with van der Waals surface area (Å²) in [5.41, 5.74) is 0.966. The van der Waals surface area contributed by atoms with Gasteiger partial charge in [0.25, 0.3) is 0 Å². The molecule has 0 unspecified atom stereocenters. The second-order valence-corrected chi connectivity index (χ2v) is 6.23. The Morgan fingerprint density at radius 1 is 1.23 bits per heavy atom. The zero-order valence-corrected chi connectivity index (χ0v) is 13.1. The van der Waals surface area contributed by atoms with Gasteiger partial charge in [-0.15, -0.1) is 11.8 Å². The van der Waals surface area contributed by atoms with E-state index in [2.05, 4.69) is 4.99 Å². The van der Waals surface area contributed by atoms with E-state index in [9.17, 15) is 4.79 Å². The first kappa shape index (κ1) is 14.9. The van der Waals surface area contributed by atoms with Gasteiger partial charge in [0.15, 0.2) is 5.75 Å². The first-order valence-corrected chi connectivity index (χ1v) is 8.33. The normalized spacial score (nSPS) is 13.9. The molecule has 1 aliphatic heterocycles. The van der Waals surface area contributed by atoms with Gasteiger partial charge in [-0.3, -0.25) is 9.79 Å². The molecule has 1 aromatic heterocycles. The van der Waals surface area contributed by atoms with Crippen molar-refractivity contribution in [2.24, 2.45) is 4.99 Å². The number of pyridine rings is 1. The first-order chi connectivity index (χ1) is 10.8. The molecule has 0 N–H and O–H groups in total. The van der Waals surface area contributed by atoms with E-state index in [1.54, 1.807) is 18.5 Å². The molecule has 0 amide bonds. The Labute approximate surface area is 133 Å². The Morgan fingerprint density at radius 3 is 2.86 bits per heavy atom. The summed E-state index contributed by atoms with van der Waals surface area (Å²) in [6.07, 6.45) is 4.50. The third kappa shape index (κ3) is 4.01. The zero-order valence-electron chi connectivity index (χ0n) is 12.3. The lowest BCUT2D eigenvalue weighted by Crippen LogP contribution is -2.11. The van der Waals surface area contributed by atoms with Crippen molar-refractivity contribution in [2.45, 2.75) is 19.6 Å². The summed E-state index contributed by atoms with van der Waals surface area (Å²) < 4.78 is 7.66. The average molecular weight is 314 g/mol. The molecular formula is C17H18N2O2S. The summed E-state index contributed by atoms with van der Waals surface area (Å²) in [5.74, 6) is 1.48. The second-order valence-electron chi connectivity index (χ2n) is 5.06. The van der Waals surface area contributed by atoms with Gasteiger partial charge in [-0.05, 0) is 5.56 Å². The molecular weight excluding hydrogens is 296 g/mol. The van der Waals surface area contributed by atoms with Crippen molar-refractivity contribution in [1.29, 1.82) is 0 Å². The molecule has 0 saturated heterocycles. The molecule has 2 aromatic rings. The Hall–Kier alpha value is -2.01. The summed E-state index contributed by atoms with van der Waals surface area (Å²) >= 11 is 1.82. The van der Waals surface area contributed by atoms with Gasteiger partial charge < -0.3 is 9.30 Å². The van der Waals surface area contributed by atoms with Gasteiger partial charge >= 0.3 is 0 Å². The number of aliphatic imine (C=N–C) groups is 1. The van der Waals surface area contributed by atoms with Crippen LogP contribution in [0.25, 0.3) is 0 Å². The van der Waals surface area contributed by atoms with E-state index in [1.165, 1.54) is 5.04 Å². The van der Waals surface area contributed by atoms with E-state index in [0.29, 0.717) is 12.4 Å². The molecule has 22 heavy (non-hydrogen) atoms. The van der Waals surface area contributed by atoms with Crippen molar-refractivity contribution >= 4 is 16.8 Å². The SMILES string of the molecule is O=c1ccn(CCC2=NCCS2)cc1OCc1ccccc1. The van der Waals surface area contributed by atoms with Crippen molar-refractivity contribution in [3.63, 3.8) is 0 Å². The highest BCUT2D eigenvalue weighted by molar-refractivity contribution is 8.14. The molecule has 0 spiro atoms. The molecule has 0 aliphatic carbocycles. The Balaban J connectivity index is 1.63. The average Bonchev–Trinajstić information content (AvgIpc) is 3.07. The number of thioether (sulfide) groups is 1. The van der Waals surface area contributed by atoms with Crippen LogP contribution in [-0.2, 0) is 13.2 Å². The van der Waals surface area contributed by atoms with Crippen LogP contribution < -0.4 is 10.2 Å². The molecule has 114 valence electrons. The van der Waals surface area contributed by atoms with Crippen LogP contribution in [0.3, 0.4) is 0 Å². The van der Waals surface area contributed by atoms with Crippen LogP contribution in [0, 0.1) is 0 Å². The smallest absolute Gasteiger partial charge is 0.223 e. The van der Waals surface area contributed by atoms with Crippen LogP contribution in [0.2, 0.25) is 0 Å². The lowest BCUT2D eigenvalue weighted by molar-refractivity contribution is 0.300. The van der Waals surface area contributed by atoms with E-state index < -0.39 is 0 Å². The fourth-order valence-electron chi connectivity index (χ4n) is 2.24. The quantitative estimate of drug-likeness (QED) is 0.823. The molecule has 3 rings (SSSR count). The van der Waals surface area contributed by atoms with Crippen LogP contribution in [0.4, 0.5) is 0 Å². The molecule has 1 aliphatic rings. The maximum atomic E-state index is 11.9. The van der Waals surface area contributed by atoms with Crippen molar-refractivity contribution in [1.82, 2.24) is 4.57 Å². The van der Waals surface area contributed by atoms with Gasteiger partial charge in [-0.25, -0.2) is 0 Å². The largest absolute Gasteiger partial charge is 0.483 e. The molecule has 0 fully saturated rings. The van der Waals surface area contributed by atoms with Gasteiger partial charge in [0.1, 0.15) is 6.61 Å². The number of hydrogen-bond donors (Lipinski definition) is 0. The minimum atomic E-state index is -0.0836. The fourth-order valence-corrected chi connectivity index (χ4v) is 3.08. The number of nitrogens with zero attached hydrogens (tertiary/aromatic N) is 2. The highest BCUT2D eigenvalue weighted by Gasteiger charge is 2.07. The molecule has 0 bridgehead atoms. The standard InChI is InChI=1S/C17H18N2O2S/c20-15-6-9-19(10-7-17-18-8-11-22-17)12-16(15)21-13-14-4-2-1-3-5-14/h1-6,9,12H,7-8,10-11,13H2. The Morgan fingerprint density at radius 2 is 2.09 bits per heavy atom. The highest BCUT2D eigenvalue weighted by Crippen LogP contribution is 2.15. The van der Waals surface area contributed by atoms with E-state index in [-0.39, 0.29) is 5.43 Å². The summed E-state index contributed by atoms with van der Waals surface area (Å²) in [6.45, 7) is 2.14. The van der Waals surface area contributed by atoms with Gasteiger partial charge in [0.05, 0.1) is 11.2 Å². The van der Waals surface area contributed by atoms with E-state index >= 15 is 0 Å². The predicted octanol–water partition coefficient (Wildman–Crippen LogP) is 2.96. The summed E-state index contributed by atoms with van der Waals surface area (Å²) in [5, 5.41) is 1.20. The Kier molecular flexibility index (Phi) is 4.96. The number of ether oxygens (including phenoxy) is 1. The van der Waals surface area contributed by atoms with Crippen LogP contribution in [0.1, 0.15) is 12.0 Å². The molecule has 0 atom stereocenters.